The molecule has 0 spiro atoms. The molecule has 0 aliphatic rings. The number of carbonyl (C=O) groups is 1. The van der Waals surface area contributed by atoms with E-state index < -0.39 is 11.7 Å². The lowest BCUT2D eigenvalue weighted by Gasteiger charge is -2.19. The number of nitrogens with zero attached hydrogens (tertiary/aromatic N) is 1. The Morgan fingerprint density at radius 2 is 2.31 bits per heavy atom. The minimum absolute atomic E-state index is 0.0610. The summed E-state index contributed by atoms with van der Waals surface area (Å²) in [4.78, 5) is 15.2. The first-order chi connectivity index (χ1) is 7.56. The van der Waals surface area contributed by atoms with Gasteiger partial charge in [0.15, 0.2) is 5.82 Å². The molecule has 2 N–H and O–H groups in total. The molecule has 4 nitrogen and oxygen atoms in total. The largest absolute Gasteiger partial charge is 0.394 e. The number of hydrogen-bond acceptors (Lipinski definition) is 3. The lowest BCUT2D eigenvalue weighted by Crippen LogP contribution is -2.41. The molecule has 1 aromatic rings. The van der Waals surface area contributed by atoms with Crippen LogP contribution in [-0.2, 0) is 0 Å². The Morgan fingerprint density at radius 3 is 2.81 bits per heavy atom. The van der Waals surface area contributed by atoms with Crippen LogP contribution in [0.2, 0.25) is 0 Å². The third kappa shape index (κ3) is 3.00. The molecule has 5 heteroatoms. The van der Waals surface area contributed by atoms with Crippen LogP contribution in [0.3, 0.4) is 0 Å². The highest BCUT2D eigenvalue weighted by molar-refractivity contribution is 5.94. The highest BCUT2D eigenvalue weighted by Gasteiger charge is 2.18. The normalized spacial score (nSPS) is 12.6. The van der Waals surface area contributed by atoms with Gasteiger partial charge in [0.2, 0.25) is 0 Å². The van der Waals surface area contributed by atoms with Crippen LogP contribution in [-0.4, -0.2) is 28.6 Å². The van der Waals surface area contributed by atoms with Crippen molar-refractivity contribution in [2.24, 2.45) is 5.92 Å². The Labute approximate surface area is 93.5 Å². The van der Waals surface area contributed by atoms with E-state index in [2.05, 4.69) is 10.3 Å². The fourth-order valence-electron chi connectivity index (χ4n) is 1.23. The van der Waals surface area contributed by atoms with Crippen molar-refractivity contribution >= 4 is 5.91 Å². The number of carbonyl (C=O) groups excluding carboxylic acids is 1. The Bertz CT molecular complexity index is 369. The van der Waals surface area contributed by atoms with Crippen molar-refractivity contribution in [2.45, 2.75) is 19.9 Å². The van der Waals surface area contributed by atoms with Crippen molar-refractivity contribution in [3.05, 3.63) is 29.8 Å². The molecule has 0 saturated carbocycles. The number of nitrogens with one attached hydrogen (secondary N) is 1. The molecule has 16 heavy (non-hydrogen) atoms. The number of aliphatic hydroxyl groups is 1. The van der Waals surface area contributed by atoms with E-state index >= 15 is 0 Å². The van der Waals surface area contributed by atoms with Gasteiger partial charge >= 0.3 is 0 Å². The van der Waals surface area contributed by atoms with E-state index in [4.69, 9.17) is 5.11 Å². The van der Waals surface area contributed by atoms with Gasteiger partial charge in [-0.05, 0) is 12.0 Å². The number of hydrogen-bond donors (Lipinski definition) is 2. The first kappa shape index (κ1) is 12.6. The lowest BCUT2D eigenvalue weighted by atomic mass is 10.0. The molecule has 0 fully saturated rings. The Balaban J connectivity index is 2.76. The van der Waals surface area contributed by atoms with Gasteiger partial charge in [0.1, 0.15) is 0 Å². The molecule has 1 unspecified atom stereocenters. The zero-order valence-corrected chi connectivity index (χ0v) is 9.27. The number of pyridine rings is 1. The molecule has 1 heterocycles. The van der Waals surface area contributed by atoms with Crippen LogP contribution >= 0.6 is 0 Å². The van der Waals surface area contributed by atoms with Gasteiger partial charge in [0.05, 0.1) is 24.4 Å². The third-order valence-electron chi connectivity index (χ3n) is 2.34. The van der Waals surface area contributed by atoms with E-state index in [0.717, 1.165) is 6.20 Å². The summed E-state index contributed by atoms with van der Waals surface area (Å²) in [6, 6.07) is 0.930. The lowest BCUT2D eigenvalue weighted by molar-refractivity contribution is 0.0892. The van der Waals surface area contributed by atoms with Gasteiger partial charge in [-0.15, -0.1) is 0 Å². The van der Waals surface area contributed by atoms with Crippen LogP contribution in [0.15, 0.2) is 18.5 Å². The smallest absolute Gasteiger partial charge is 0.254 e. The van der Waals surface area contributed by atoms with E-state index in [1.807, 2.05) is 13.8 Å². The highest BCUT2D eigenvalue weighted by atomic mass is 19.1. The van der Waals surface area contributed by atoms with Gasteiger partial charge < -0.3 is 10.4 Å². The van der Waals surface area contributed by atoms with Crippen LogP contribution in [0.25, 0.3) is 0 Å². The van der Waals surface area contributed by atoms with Gasteiger partial charge in [-0.3, -0.25) is 9.78 Å². The number of aliphatic hydroxyl groups excluding tert-OH is 1. The molecular formula is C11H15FN2O2. The first-order valence-electron chi connectivity index (χ1n) is 5.07. The zero-order chi connectivity index (χ0) is 12.1. The molecule has 0 aromatic carbocycles. The van der Waals surface area contributed by atoms with Crippen LogP contribution in [0, 0.1) is 11.7 Å². The summed E-state index contributed by atoms with van der Waals surface area (Å²) in [6.07, 6.45) is 2.33. The average Bonchev–Trinajstić information content (AvgIpc) is 2.25. The second-order valence-corrected chi connectivity index (χ2v) is 3.86. The molecule has 0 aliphatic heterocycles. The predicted molar refractivity (Wildman–Crippen MR) is 57.4 cm³/mol. The molecule has 1 amide bonds. The summed E-state index contributed by atoms with van der Waals surface area (Å²) in [5, 5.41) is 11.6. The van der Waals surface area contributed by atoms with E-state index in [0.29, 0.717) is 0 Å². The van der Waals surface area contributed by atoms with Crippen molar-refractivity contribution in [3.8, 4) is 0 Å². The monoisotopic (exact) mass is 226 g/mol. The molecule has 88 valence electrons. The van der Waals surface area contributed by atoms with E-state index in [9.17, 15) is 9.18 Å². The van der Waals surface area contributed by atoms with Gasteiger partial charge in [-0.25, -0.2) is 4.39 Å². The number of aromatic nitrogens is 1. The Kier molecular flexibility index (Phi) is 4.37. The van der Waals surface area contributed by atoms with E-state index in [1.165, 1.54) is 12.3 Å². The maximum atomic E-state index is 13.2. The number of amides is 1. The maximum absolute atomic E-state index is 13.2. The summed E-state index contributed by atoms with van der Waals surface area (Å²) in [5.74, 6) is -1.12. The van der Waals surface area contributed by atoms with Crippen molar-refractivity contribution in [3.63, 3.8) is 0 Å². The minimum atomic E-state index is -0.666. The summed E-state index contributed by atoms with van der Waals surface area (Å²) < 4.78 is 13.2. The number of halogens is 1. The Morgan fingerprint density at radius 1 is 1.62 bits per heavy atom. The van der Waals surface area contributed by atoms with Crippen LogP contribution < -0.4 is 5.32 Å². The molecule has 1 atom stereocenters. The number of rotatable bonds is 4. The average molecular weight is 226 g/mol. The molecule has 0 radical (unpaired) electrons. The SMILES string of the molecule is CC(C)C(CO)NC(=O)c1ccncc1F. The standard InChI is InChI=1S/C11H15FN2O2/c1-7(2)10(6-15)14-11(16)8-3-4-13-5-9(8)12/h3-5,7,10,15H,6H2,1-2H3,(H,14,16). The van der Waals surface area contributed by atoms with Crippen LogP contribution in [0.5, 0.6) is 0 Å². The topological polar surface area (TPSA) is 62.2 Å². The minimum Gasteiger partial charge on any atom is -0.394 e. The summed E-state index contributed by atoms with van der Waals surface area (Å²) in [7, 11) is 0. The third-order valence-corrected chi connectivity index (χ3v) is 2.34. The molecule has 1 rings (SSSR count). The fraction of sp³-hybridized carbons (Fsp3) is 0.455. The molecule has 0 bridgehead atoms. The zero-order valence-electron chi connectivity index (χ0n) is 9.27. The van der Waals surface area contributed by atoms with Crippen LogP contribution in [0.4, 0.5) is 4.39 Å². The summed E-state index contributed by atoms with van der Waals surface area (Å²) in [6.45, 7) is 3.56. The van der Waals surface area contributed by atoms with Crippen molar-refractivity contribution in [1.29, 1.82) is 0 Å². The second-order valence-electron chi connectivity index (χ2n) is 3.86. The molecule has 0 saturated heterocycles. The van der Waals surface area contributed by atoms with Crippen molar-refractivity contribution < 1.29 is 14.3 Å². The van der Waals surface area contributed by atoms with Crippen LogP contribution in [0.1, 0.15) is 24.2 Å². The molecular weight excluding hydrogens is 211 g/mol. The van der Waals surface area contributed by atoms with Gasteiger partial charge in [-0.1, -0.05) is 13.8 Å². The van der Waals surface area contributed by atoms with Gasteiger partial charge in [0.25, 0.3) is 5.91 Å². The van der Waals surface area contributed by atoms with Gasteiger partial charge in [-0.2, -0.15) is 0 Å². The van der Waals surface area contributed by atoms with Crippen molar-refractivity contribution in [2.75, 3.05) is 6.61 Å². The van der Waals surface area contributed by atoms with E-state index in [-0.39, 0.29) is 24.1 Å². The highest BCUT2D eigenvalue weighted by Crippen LogP contribution is 2.07. The predicted octanol–water partition coefficient (Wildman–Crippen LogP) is 0.967. The van der Waals surface area contributed by atoms with Crippen molar-refractivity contribution in [1.82, 2.24) is 10.3 Å². The Hall–Kier alpha value is -1.49. The quantitative estimate of drug-likeness (QED) is 0.804. The first-order valence-corrected chi connectivity index (χ1v) is 5.07. The second kappa shape index (κ2) is 5.55. The summed E-state index contributed by atoms with van der Waals surface area (Å²) >= 11 is 0. The summed E-state index contributed by atoms with van der Waals surface area (Å²) in [5.41, 5.74) is -0.0610. The maximum Gasteiger partial charge on any atom is 0.254 e. The molecule has 1 aromatic heterocycles. The van der Waals surface area contributed by atoms with E-state index in [1.54, 1.807) is 0 Å². The fourth-order valence-corrected chi connectivity index (χ4v) is 1.23. The molecule has 0 aliphatic carbocycles. The van der Waals surface area contributed by atoms with Gasteiger partial charge in [0, 0.05) is 6.20 Å².